The van der Waals surface area contributed by atoms with Crippen LogP contribution in [0.3, 0.4) is 0 Å². The lowest BCUT2D eigenvalue weighted by molar-refractivity contribution is 0.0976. The number of nitrogens with zero attached hydrogens (tertiary/aromatic N) is 2. The first-order chi connectivity index (χ1) is 12.0. The molecule has 126 valence electrons. The van der Waals surface area contributed by atoms with E-state index in [9.17, 15) is 4.79 Å². The number of rotatable bonds is 3. The number of amides is 1. The molecule has 0 radical (unpaired) electrons. The third-order valence-corrected chi connectivity index (χ3v) is 3.77. The Morgan fingerprint density at radius 3 is 2.68 bits per heavy atom. The summed E-state index contributed by atoms with van der Waals surface area (Å²) in [5.74, 6) is 0.101. The van der Waals surface area contributed by atoms with Gasteiger partial charge in [0.2, 0.25) is 0 Å². The van der Waals surface area contributed by atoms with Gasteiger partial charge in [-0.15, -0.1) is 0 Å². The van der Waals surface area contributed by atoms with E-state index in [4.69, 9.17) is 16.7 Å². The summed E-state index contributed by atoms with van der Waals surface area (Å²) in [6.07, 6.45) is 1.74. The van der Waals surface area contributed by atoms with Crippen LogP contribution in [0, 0.1) is 13.8 Å². The van der Waals surface area contributed by atoms with Crippen LogP contribution in [0.1, 0.15) is 21.8 Å². The number of benzene rings is 1. The maximum absolute atomic E-state index is 12.3. The van der Waals surface area contributed by atoms with Gasteiger partial charge in [0.25, 0.3) is 5.91 Å². The van der Waals surface area contributed by atoms with Crippen LogP contribution in [0.4, 0.5) is 5.69 Å². The average Bonchev–Trinajstić information content (AvgIpc) is 2.94. The fourth-order valence-electron chi connectivity index (χ4n) is 2.42. The van der Waals surface area contributed by atoms with Gasteiger partial charge < -0.3 is 9.84 Å². The van der Waals surface area contributed by atoms with Crippen molar-refractivity contribution in [1.29, 1.82) is 0 Å². The molecule has 0 aliphatic carbocycles. The first kappa shape index (κ1) is 16.8. The van der Waals surface area contributed by atoms with E-state index in [1.807, 2.05) is 42.5 Å². The minimum Gasteiger partial charge on any atom is -0.361 e. The van der Waals surface area contributed by atoms with Crippen molar-refractivity contribution in [1.82, 2.24) is 15.5 Å². The summed E-state index contributed by atoms with van der Waals surface area (Å²) in [7, 11) is 0. The van der Waals surface area contributed by atoms with Gasteiger partial charge in [-0.1, -0.05) is 23.4 Å². The van der Waals surface area contributed by atoms with Gasteiger partial charge in [0, 0.05) is 17.4 Å². The van der Waals surface area contributed by atoms with E-state index in [0.717, 1.165) is 16.9 Å². The highest BCUT2D eigenvalue weighted by atomic mass is 32.1. The minimum absolute atomic E-state index is 0.197. The molecular weight excluding hydrogens is 336 g/mol. The van der Waals surface area contributed by atoms with Gasteiger partial charge in [0.1, 0.15) is 11.3 Å². The van der Waals surface area contributed by atoms with Crippen LogP contribution in [-0.2, 0) is 0 Å². The maximum atomic E-state index is 12.3. The van der Waals surface area contributed by atoms with Crippen molar-refractivity contribution < 1.29 is 9.32 Å². The van der Waals surface area contributed by atoms with E-state index in [0.29, 0.717) is 17.0 Å². The Bertz CT molecular complexity index is 902. The summed E-state index contributed by atoms with van der Waals surface area (Å²) in [5, 5.41) is 9.61. The van der Waals surface area contributed by atoms with E-state index in [1.165, 1.54) is 0 Å². The first-order valence-corrected chi connectivity index (χ1v) is 8.02. The van der Waals surface area contributed by atoms with Crippen molar-refractivity contribution in [3.63, 3.8) is 0 Å². The standard InChI is InChI=1S/C18H16N4O2S/c1-11-16(12(2)24-22-11)17(23)21-18(25)20-14-7-5-6-13(10-14)15-8-3-4-9-19-15/h3-10H,1-2H3,(H2,20,21,23,25). The number of aromatic nitrogens is 2. The molecule has 0 aliphatic rings. The molecule has 0 saturated carbocycles. The Labute approximate surface area is 150 Å². The van der Waals surface area contributed by atoms with E-state index < -0.39 is 0 Å². The molecule has 2 aromatic heterocycles. The van der Waals surface area contributed by atoms with Crippen LogP contribution >= 0.6 is 12.2 Å². The van der Waals surface area contributed by atoms with E-state index in [-0.39, 0.29) is 11.0 Å². The van der Waals surface area contributed by atoms with Crippen molar-refractivity contribution in [3.05, 3.63) is 65.7 Å². The summed E-state index contributed by atoms with van der Waals surface area (Å²) >= 11 is 5.22. The number of thiocarbonyl (C=S) groups is 1. The lowest BCUT2D eigenvalue weighted by Gasteiger charge is -2.10. The van der Waals surface area contributed by atoms with Gasteiger partial charge in [-0.25, -0.2) is 0 Å². The Balaban J connectivity index is 1.70. The lowest BCUT2D eigenvalue weighted by atomic mass is 10.1. The molecule has 0 spiro atoms. The highest BCUT2D eigenvalue weighted by Crippen LogP contribution is 2.20. The van der Waals surface area contributed by atoms with Gasteiger partial charge in [-0.05, 0) is 50.3 Å². The molecule has 7 heteroatoms. The fourth-order valence-corrected chi connectivity index (χ4v) is 2.64. The molecule has 6 nitrogen and oxygen atoms in total. The summed E-state index contributed by atoms with van der Waals surface area (Å²) in [4.78, 5) is 16.6. The molecule has 0 bridgehead atoms. The molecule has 0 atom stereocenters. The third kappa shape index (κ3) is 3.89. The van der Waals surface area contributed by atoms with Gasteiger partial charge in [-0.2, -0.15) is 0 Å². The number of pyridine rings is 1. The Hall–Kier alpha value is -3.06. The molecule has 2 N–H and O–H groups in total. The number of carbonyl (C=O) groups excluding carboxylic acids is 1. The molecule has 0 fully saturated rings. The number of hydrogen-bond donors (Lipinski definition) is 2. The Morgan fingerprint density at radius 2 is 2.00 bits per heavy atom. The molecular formula is C18H16N4O2S. The Kier molecular flexibility index (Phi) is 4.85. The smallest absolute Gasteiger partial charge is 0.262 e. The summed E-state index contributed by atoms with van der Waals surface area (Å²) < 4.78 is 5.00. The monoisotopic (exact) mass is 352 g/mol. The van der Waals surface area contributed by atoms with Crippen LogP contribution in [0.5, 0.6) is 0 Å². The highest BCUT2D eigenvalue weighted by molar-refractivity contribution is 7.80. The molecule has 0 aliphatic heterocycles. The average molecular weight is 352 g/mol. The lowest BCUT2D eigenvalue weighted by Crippen LogP contribution is -2.34. The quantitative estimate of drug-likeness (QED) is 0.703. The molecule has 0 saturated heterocycles. The van der Waals surface area contributed by atoms with Crippen LogP contribution in [0.25, 0.3) is 11.3 Å². The summed E-state index contributed by atoms with van der Waals surface area (Å²) in [6.45, 7) is 3.39. The van der Waals surface area contributed by atoms with E-state index in [2.05, 4.69) is 20.8 Å². The molecule has 2 heterocycles. The fraction of sp³-hybridized carbons (Fsp3) is 0.111. The number of aryl methyl sites for hydroxylation is 2. The highest BCUT2D eigenvalue weighted by Gasteiger charge is 2.18. The number of carbonyl (C=O) groups is 1. The number of anilines is 1. The van der Waals surface area contributed by atoms with Crippen LogP contribution in [-0.4, -0.2) is 21.2 Å². The van der Waals surface area contributed by atoms with Crippen molar-refractivity contribution in [2.75, 3.05) is 5.32 Å². The largest absolute Gasteiger partial charge is 0.361 e. The molecule has 1 aromatic carbocycles. The zero-order valence-electron chi connectivity index (χ0n) is 13.7. The second-order valence-electron chi connectivity index (χ2n) is 5.40. The zero-order valence-corrected chi connectivity index (χ0v) is 14.6. The van der Waals surface area contributed by atoms with Crippen LogP contribution in [0.2, 0.25) is 0 Å². The van der Waals surface area contributed by atoms with Gasteiger partial charge in [0.15, 0.2) is 5.11 Å². The molecule has 3 aromatic rings. The predicted molar refractivity (Wildman–Crippen MR) is 99.3 cm³/mol. The van der Waals surface area contributed by atoms with Crippen molar-refractivity contribution in [2.45, 2.75) is 13.8 Å². The second kappa shape index (κ2) is 7.23. The van der Waals surface area contributed by atoms with Crippen molar-refractivity contribution in [2.24, 2.45) is 0 Å². The SMILES string of the molecule is Cc1noc(C)c1C(=O)NC(=S)Nc1cccc(-c2ccccn2)c1. The maximum Gasteiger partial charge on any atom is 0.262 e. The second-order valence-corrected chi connectivity index (χ2v) is 5.81. The van der Waals surface area contributed by atoms with Crippen molar-refractivity contribution >= 4 is 28.9 Å². The summed E-state index contributed by atoms with van der Waals surface area (Å²) in [5.41, 5.74) is 3.48. The number of nitrogens with one attached hydrogen (secondary N) is 2. The van der Waals surface area contributed by atoms with Gasteiger partial charge in [-0.3, -0.25) is 15.1 Å². The molecule has 25 heavy (non-hydrogen) atoms. The predicted octanol–water partition coefficient (Wildman–Crippen LogP) is 3.48. The third-order valence-electron chi connectivity index (χ3n) is 3.57. The minimum atomic E-state index is -0.352. The molecule has 3 rings (SSSR count). The van der Waals surface area contributed by atoms with Crippen LogP contribution < -0.4 is 10.6 Å². The first-order valence-electron chi connectivity index (χ1n) is 7.61. The normalized spacial score (nSPS) is 10.3. The van der Waals surface area contributed by atoms with Crippen LogP contribution in [0.15, 0.2) is 53.2 Å². The van der Waals surface area contributed by atoms with E-state index >= 15 is 0 Å². The summed E-state index contributed by atoms with van der Waals surface area (Å²) in [6, 6.07) is 13.3. The van der Waals surface area contributed by atoms with E-state index in [1.54, 1.807) is 20.0 Å². The molecule has 1 amide bonds. The topological polar surface area (TPSA) is 80.0 Å². The van der Waals surface area contributed by atoms with Gasteiger partial charge in [0.05, 0.1) is 11.4 Å². The van der Waals surface area contributed by atoms with Crippen molar-refractivity contribution in [3.8, 4) is 11.3 Å². The zero-order chi connectivity index (χ0) is 17.8. The molecule has 0 unspecified atom stereocenters. The number of hydrogen-bond acceptors (Lipinski definition) is 5. The van der Waals surface area contributed by atoms with Gasteiger partial charge >= 0.3 is 0 Å². The Morgan fingerprint density at radius 1 is 1.16 bits per heavy atom.